The number of phenols is 1. The lowest BCUT2D eigenvalue weighted by Gasteiger charge is -2.10. The molecule has 0 saturated carbocycles. The molecule has 0 unspecified atom stereocenters. The number of nitrogens with one attached hydrogen (secondary N) is 1. The molecule has 5 N–H and O–H groups in total. The number of aromatic hydroxyl groups is 1. The van der Waals surface area contributed by atoms with Gasteiger partial charge in [-0.2, -0.15) is 0 Å². The van der Waals surface area contributed by atoms with Gasteiger partial charge in [-0.25, -0.2) is 4.79 Å². The molecule has 0 fully saturated rings. The van der Waals surface area contributed by atoms with Crippen LogP contribution < -0.4 is 16.0 Å². The van der Waals surface area contributed by atoms with Gasteiger partial charge in [-0.3, -0.25) is 5.84 Å². The number of carbonyl (C=O) groups is 1. The maximum absolute atomic E-state index is 10.6. The summed E-state index contributed by atoms with van der Waals surface area (Å²) in [5, 5.41) is 18.2. The van der Waals surface area contributed by atoms with E-state index in [0.29, 0.717) is 5.69 Å². The van der Waals surface area contributed by atoms with Crippen LogP contribution in [0.2, 0.25) is 0 Å². The van der Waals surface area contributed by atoms with Crippen LogP contribution in [0.1, 0.15) is 10.4 Å². The van der Waals surface area contributed by atoms with Gasteiger partial charge in [-0.05, 0) is 12.1 Å². The van der Waals surface area contributed by atoms with E-state index in [4.69, 9.17) is 15.7 Å². The highest BCUT2D eigenvalue weighted by Crippen LogP contribution is 2.36. The maximum atomic E-state index is 10.6. The first-order chi connectivity index (χ1) is 6.61. The number of carboxylic acids is 1. The van der Waals surface area contributed by atoms with E-state index >= 15 is 0 Å². The lowest BCUT2D eigenvalue weighted by molar-refractivity contribution is 0.0693. The second kappa shape index (κ2) is 3.84. The van der Waals surface area contributed by atoms with Gasteiger partial charge in [0.15, 0.2) is 11.5 Å². The van der Waals surface area contributed by atoms with E-state index in [1.165, 1.54) is 19.2 Å². The number of aromatic carboxylic acids is 1. The quantitative estimate of drug-likeness (QED) is 0.413. The summed E-state index contributed by atoms with van der Waals surface area (Å²) in [6.45, 7) is 0. The van der Waals surface area contributed by atoms with Crippen LogP contribution in [-0.2, 0) is 0 Å². The van der Waals surface area contributed by atoms with Crippen molar-refractivity contribution in [2.45, 2.75) is 0 Å². The predicted molar refractivity (Wildman–Crippen MR) is 49.4 cm³/mol. The second-order valence-corrected chi connectivity index (χ2v) is 2.49. The van der Waals surface area contributed by atoms with Gasteiger partial charge in [0.1, 0.15) is 5.56 Å². The van der Waals surface area contributed by atoms with E-state index in [1.54, 1.807) is 0 Å². The summed E-state index contributed by atoms with van der Waals surface area (Å²) in [6.07, 6.45) is 0. The number of nitrogen functional groups attached to an aromatic ring is 1. The van der Waals surface area contributed by atoms with Gasteiger partial charge in [0.25, 0.3) is 0 Å². The highest BCUT2D eigenvalue weighted by Gasteiger charge is 2.16. The summed E-state index contributed by atoms with van der Waals surface area (Å²) in [6, 6.07) is 2.64. The van der Waals surface area contributed by atoms with Gasteiger partial charge in [-0.15, -0.1) is 0 Å². The molecule has 0 heterocycles. The minimum Gasteiger partial charge on any atom is -0.504 e. The molecular formula is C8H10N2O4. The molecule has 14 heavy (non-hydrogen) atoms. The van der Waals surface area contributed by atoms with Crippen LogP contribution in [0.25, 0.3) is 0 Å². The summed E-state index contributed by atoms with van der Waals surface area (Å²) in [7, 11) is 1.31. The Labute approximate surface area is 79.9 Å². The average Bonchev–Trinajstić information content (AvgIpc) is 2.16. The number of rotatable bonds is 3. The molecule has 6 heteroatoms. The first kappa shape index (κ1) is 10.1. The Morgan fingerprint density at radius 3 is 2.64 bits per heavy atom. The topological polar surface area (TPSA) is 105 Å². The van der Waals surface area contributed by atoms with Crippen molar-refractivity contribution in [2.75, 3.05) is 12.5 Å². The first-order valence-electron chi connectivity index (χ1n) is 3.71. The highest BCUT2D eigenvalue weighted by molar-refractivity contribution is 5.93. The number of hydrogen-bond donors (Lipinski definition) is 4. The molecule has 6 nitrogen and oxygen atoms in total. The zero-order chi connectivity index (χ0) is 10.7. The van der Waals surface area contributed by atoms with Crippen LogP contribution in [0, 0.1) is 0 Å². The van der Waals surface area contributed by atoms with E-state index in [9.17, 15) is 9.90 Å². The van der Waals surface area contributed by atoms with E-state index in [2.05, 4.69) is 5.43 Å². The van der Waals surface area contributed by atoms with E-state index < -0.39 is 11.7 Å². The van der Waals surface area contributed by atoms with Gasteiger partial charge in [0.05, 0.1) is 12.8 Å². The maximum Gasteiger partial charge on any atom is 0.339 e. The molecule has 0 radical (unpaired) electrons. The fourth-order valence-electron chi connectivity index (χ4n) is 1.06. The van der Waals surface area contributed by atoms with Crippen molar-refractivity contribution in [2.24, 2.45) is 5.84 Å². The molecule has 76 valence electrons. The molecule has 1 rings (SSSR count). The Bertz CT molecular complexity index is 365. The first-order valence-corrected chi connectivity index (χ1v) is 3.71. The zero-order valence-corrected chi connectivity index (χ0v) is 7.44. The summed E-state index contributed by atoms with van der Waals surface area (Å²) in [4.78, 5) is 10.6. The minimum absolute atomic E-state index is 0.00685. The number of benzene rings is 1. The number of methoxy groups -OCH3 is 1. The number of anilines is 1. The Hall–Kier alpha value is -1.95. The summed E-state index contributed by atoms with van der Waals surface area (Å²) < 4.78 is 4.80. The fraction of sp³-hybridized carbons (Fsp3) is 0.125. The molecule has 0 aliphatic carbocycles. The standard InChI is InChI=1S/C8H10N2O4/c1-14-7-5(10-9)3-2-4(6(7)11)8(12)13/h2-3,10-11H,9H2,1H3,(H,12,13). The van der Waals surface area contributed by atoms with Crippen molar-refractivity contribution < 1.29 is 19.7 Å². The SMILES string of the molecule is COc1c(NN)ccc(C(=O)O)c1O. The normalized spacial score (nSPS) is 9.57. The van der Waals surface area contributed by atoms with Crippen LogP contribution in [0.15, 0.2) is 12.1 Å². The molecule has 0 aliphatic heterocycles. The van der Waals surface area contributed by atoms with Gasteiger partial charge in [-0.1, -0.05) is 0 Å². The Morgan fingerprint density at radius 1 is 1.57 bits per heavy atom. The fourth-order valence-corrected chi connectivity index (χ4v) is 1.06. The Morgan fingerprint density at radius 2 is 2.21 bits per heavy atom. The van der Waals surface area contributed by atoms with Crippen molar-refractivity contribution >= 4 is 11.7 Å². The molecule has 0 spiro atoms. The molecular weight excluding hydrogens is 188 g/mol. The van der Waals surface area contributed by atoms with Gasteiger partial charge >= 0.3 is 5.97 Å². The van der Waals surface area contributed by atoms with Crippen LogP contribution in [0.5, 0.6) is 11.5 Å². The van der Waals surface area contributed by atoms with E-state index in [1.807, 2.05) is 0 Å². The zero-order valence-electron chi connectivity index (χ0n) is 7.44. The average molecular weight is 198 g/mol. The van der Waals surface area contributed by atoms with Crippen molar-refractivity contribution in [1.29, 1.82) is 0 Å². The van der Waals surface area contributed by atoms with Gasteiger partial charge < -0.3 is 20.4 Å². The van der Waals surface area contributed by atoms with Crippen LogP contribution in [0.4, 0.5) is 5.69 Å². The summed E-state index contributed by atoms with van der Waals surface area (Å²) in [5.41, 5.74) is 2.36. The van der Waals surface area contributed by atoms with Crippen molar-refractivity contribution in [3.8, 4) is 11.5 Å². The van der Waals surface area contributed by atoms with Crippen LogP contribution in [0.3, 0.4) is 0 Å². The van der Waals surface area contributed by atoms with Crippen molar-refractivity contribution in [3.05, 3.63) is 17.7 Å². The Kier molecular flexibility index (Phi) is 2.78. The number of ether oxygens (including phenoxy) is 1. The molecule has 0 amide bonds. The predicted octanol–water partition coefficient (Wildman–Crippen LogP) is 0.385. The van der Waals surface area contributed by atoms with E-state index in [0.717, 1.165) is 0 Å². The largest absolute Gasteiger partial charge is 0.504 e. The van der Waals surface area contributed by atoms with Gasteiger partial charge in [0.2, 0.25) is 0 Å². The number of hydrazine groups is 1. The molecule has 1 aromatic rings. The smallest absolute Gasteiger partial charge is 0.339 e. The monoisotopic (exact) mass is 198 g/mol. The van der Waals surface area contributed by atoms with E-state index in [-0.39, 0.29) is 11.3 Å². The third-order valence-electron chi connectivity index (χ3n) is 1.72. The molecule has 0 bridgehead atoms. The van der Waals surface area contributed by atoms with Gasteiger partial charge in [0, 0.05) is 0 Å². The third kappa shape index (κ3) is 1.55. The highest BCUT2D eigenvalue weighted by atomic mass is 16.5. The lowest BCUT2D eigenvalue weighted by Crippen LogP contribution is -2.09. The molecule has 0 aliphatic rings. The third-order valence-corrected chi connectivity index (χ3v) is 1.72. The van der Waals surface area contributed by atoms with Crippen LogP contribution in [-0.4, -0.2) is 23.3 Å². The number of nitrogens with two attached hydrogens (primary N) is 1. The Balaban J connectivity index is 3.34. The second-order valence-electron chi connectivity index (χ2n) is 2.49. The van der Waals surface area contributed by atoms with Crippen molar-refractivity contribution in [3.63, 3.8) is 0 Å². The molecule has 0 saturated heterocycles. The summed E-state index contributed by atoms with van der Waals surface area (Å²) in [5.74, 6) is 3.46. The van der Waals surface area contributed by atoms with Crippen LogP contribution >= 0.6 is 0 Å². The number of hydrogen-bond acceptors (Lipinski definition) is 5. The molecule has 1 aromatic carbocycles. The molecule has 0 aromatic heterocycles. The molecule has 0 atom stereocenters. The minimum atomic E-state index is -1.23. The summed E-state index contributed by atoms with van der Waals surface area (Å²) >= 11 is 0. The lowest BCUT2D eigenvalue weighted by atomic mass is 10.1. The number of carboxylic acid groups (broad SMARTS) is 1. The van der Waals surface area contributed by atoms with Crippen molar-refractivity contribution in [1.82, 2.24) is 0 Å².